The lowest BCUT2D eigenvalue weighted by molar-refractivity contribution is -0.274. The quantitative estimate of drug-likeness (QED) is 0.784. The van der Waals surface area contributed by atoms with E-state index < -0.39 is 17.7 Å². The molecule has 5 nitrogen and oxygen atoms in total. The monoisotopic (exact) mass is 385 g/mol. The maximum absolute atomic E-state index is 12.7. The highest BCUT2D eigenvalue weighted by Crippen LogP contribution is 2.49. The molecule has 2 saturated carbocycles. The van der Waals surface area contributed by atoms with Gasteiger partial charge in [-0.2, -0.15) is 0 Å². The molecule has 148 valence electrons. The number of rotatable bonds is 6. The van der Waals surface area contributed by atoms with Gasteiger partial charge >= 0.3 is 12.3 Å². The SMILES string of the molecule is O=C(O)C1CCC(NC(=O)C2(Cc3ccc(OC(F)(F)F)cc3)CC2)CC1. The van der Waals surface area contributed by atoms with Gasteiger partial charge in [-0.3, -0.25) is 9.59 Å². The molecule has 0 radical (unpaired) electrons. The van der Waals surface area contributed by atoms with Gasteiger partial charge in [0.05, 0.1) is 11.3 Å². The number of amides is 1. The topological polar surface area (TPSA) is 75.6 Å². The maximum atomic E-state index is 12.7. The zero-order chi connectivity index (χ0) is 19.7. The van der Waals surface area contributed by atoms with Gasteiger partial charge in [-0.15, -0.1) is 13.2 Å². The third kappa shape index (κ3) is 5.14. The molecule has 2 aliphatic carbocycles. The Labute approximate surface area is 154 Å². The van der Waals surface area contributed by atoms with E-state index in [0.717, 1.165) is 18.4 Å². The van der Waals surface area contributed by atoms with Crippen molar-refractivity contribution in [3.8, 4) is 5.75 Å². The number of hydrogen-bond donors (Lipinski definition) is 2. The molecule has 1 amide bonds. The molecule has 0 atom stereocenters. The average Bonchev–Trinajstić information content (AvgIpc) is 3.37. The predicted octanol–water partition coefficient (Wildman–Crippen LogP) is 3.67. The summed E-state index contributed by atoms with van der Waals surface area (Å²) in [5.41, 5.74) is 0.280. The van der Waals surface area contributed by atoms with Crippen molar-refractivity contribution in [1.29, 1.82) is 0 Å². The molecule has 0 bridgehead atoms. The van der Waals surface area contributed by atoms with Crippen molar-refractivity contribution in [2.24, 2.45) is 11.3 Å². The van der Waals surface area contributed by atoms with Crippen LogP contribution in [0.2, 0.25) is 0 Å². The van der Waals surface area contributed by atoms with Gasteiger partial charge in [-0.25, -0.2) is 0 Å². The first-order chi connectivity index (χ1) is 12.7. The first kappa shape index (κ1) is 19.5. The summed E-state index contributed by atoms with van der Waals surface area (Å²) in [6, 6.07) is 5.60. The van der Waals surface area contributed by atoms with E-state index in [0.29, 0.717) is 32.1 Å². The van der Waals surface area contributed by atoms with Crippen molar-refractivity contribution < 1.29 is 32.6 Å². The van der Waals surface area contributed by atoms with Crippen molar-refractivity contribution in [3.05, 3.63) is 29.8 Å². The zero-order valence-electron chi connectivity index (χ0n) is 14.7. The number of aliphatic carboxylic acids is 1. The average molecular weight is 385 g/mol. The molecule has 8 heteroatoms. The standard InChI is InChI=1S/C19H22F3NO4/c20-19(21,22)27-15-7-1-12(2-8-15)11-18(9-10-18)17(26)23-14-5-3-13(4-6-14)16(24)25/h1-2,7-8,13-14H,3-6,9-11H2,(H,23,26)(H,24,25). The van der Waals surface area contributed by atoms with Crippen LogP contribution in [-0.2, 0) is 16.0 Å². The number of carboxylic acid groups (broad SMARTS) is 1. The number of benzene rings is 1. The molecule has 2 N–H and O–H groups in total. The van der Waals surface area contributed by atoms with Crippen LogP contribution in [0.25, 0.3) is 0 Å². The Bertz CT molecular complexity index is 690. The Kier molecular flexibility index (Phi) is 5.35. The Morgan fingerprint density at radius 1 is 1.11 bits per heavy atom. The number of halogens is 3. The second-order valence-electron chi connectivity index (χ2n) is 7.51. The summed E-state index contributed by atoms with van der Waals surface area (Å²) in [5, 5.41) is 12.1. The first-order valence-electron chi connectivity index (χ1n) is 9.05. The van der Waals surface area contributed by atoms with E-state index in [1.54, 1.807) is 12.1 Å². The van der Waals surface area contributed by atoms with E-state index in [9.17, 15) is 22.8 Å². The number of nitrogens with one attached hydrogen (secondary N) is 1. The molecule has 1 aromatic carbocycles. The number of carbonyl (C=O) groups is 2. The minimum absolute atomic E-state index is 0.00635. The maximum Gasteiger partial charge on any atom is 0.573 e. The van der Waals surface area contributed by atoms with Gasteiger partial charge in [0, 0.05) is 6.04 Å². The molecule has 2 fully saturated rings. The minimum Gasteiger partial charge on any atom is -0.481 e. The van der Waals surface area contributed by atoms with Crippen LogP contribution < -0.4 is 10.1 Å². The molecule has 1 aromatic rings. The van der Waals surface area contributed by atoms with E-state index in [2.05, 4.69) is 10.1 Å². The molecule has 3 rings (SSSR count). The molecule has 0 unspecified atom stereocenters. The molecule has 0 spiro atoms. The molecule has 0 saturated heterocycles. The summed E-state index contributed by atoms with van der Waals surface area (Å²) < 4.78 is 40.5. The molecule has 0 aliphatic heterocycles. The summed E-state index contributed by atoms with van der Waals surface area (Å²) in [6.45, 7) is 0. The van der Waals surface area contributed by atoms with Gasteiger partial charge < -0.3 is 15.2 Å². The Hall–Kier alpha value is -2.25. The van der Waals surface area contributed by atoms with Crippen LogP contribution >= 0.6 is 0 Å². The number of carboxylic acids is 1. The van der Waals surface area contributed by atoms with E-state index in [4.69, 9.17) is 5.11 Å². The minimum atomic E-state index is -4.72. The van der Waals surface area contributed by atoms with E-state index in [-0.39, 0.29) is 23.6 Å². The predicted molar refractivity (Wildman–Crippen MR) is 90.0 cm³/mol. The fourth-order valence-electron chi connectivity index (χ4n) is 3.66. The van der Waals surface area contributed by atoms with Crippen molar-refractivity contribution in [3.63, 3.8) is 0 Å². The highest BCUT2D eigenvalue weighted by atomic mass is 19.4. The Morgan fingerprint density at radius 2 is 1.70 bits per heavy atom. The summed E-state index contributed by atoms with van der Waals surface area (Å²) in [5.74, 6) is -1.44. The van der Waals surface area contributed by atoms with Gasteiger partial charge in [-0.1, -0.05) is 12.1 Å². The highest BCUT2D eigenvalue weighted by Gasteiger charge is 2.50. The van der Waals surface area contributed by atoms with Crippen LogP contribution in [0, 0.1) is 11.3 Å². The second kappa shape index (κ2) is 7.40. The lowest BCUT2D eigenvalue weighted by atomic mass is 9.85. The number of carbonyl (C=O) groups excluding carboxylic acids is 1. The third-order valence-corrected chi connectivity index (χ3v) is 5.45. The van der Waals surface area contributed by atoms with Crippen LogP contribution in [0.5, 0.6) is 5.75 Å². The van der Waals surface area contributed by atoms with Crippen LogP contribution in [0.1, 0.15) is 44.1 Å². The zero-order valence-corrected chi connectivity index (χ0v) is 14.7. The molecular formula is C19H22F3NO4. The van der Waals surface area contributed by atoms with E-state index >= 15 is 0 Å². The molecule has 0 aromatic heterocycles. The van der Waals surface area contributed by atoms with E-state index in [1.165, 1.54) is 12.1 Å². The molecule has 27 heavy (non-hydrogen) atoms. The van der Waals surface area contributed by atoms with Gasteiger partial charge in [0.2, 0.25) is 5.91 Å². The third-order valence-electron chi connectivity index (χ3n) is 5.45. The van der Waals surface area contributed by atoms with Crippen molar-refractivity contribution in [1.82, 2.24) is 5.32 Å². The van der Waals surface area contributed by atoms with Gasteiger partial charge in [0.1, 0.15) is 5.75 Å². The summed E-state index contributed by atoms with van der Waals surface area (Å²) in [4.78, 5) is 23.7. The Balaban J connectivity index is 1.53. The smallest absolute Gasteiger partial charge is 0.481 e. The first-order valence-corrected chi connectivity index (χ1v) is 9.05. The lowest BCUT2D eigenvalue weighted by Gasteiger charge is -2.28. The van der Waals surface area contributed by atoms with Gasteiger partial charge in [-0.05, 0) is 62.6 Å². The molecule has 2 aliphatic rings. The normalized spacial score (nSPS) is 24.1. The fourth-order valence-corrected chi connectivity index (χ4v) is 3.66. The number of ether oxygens (including phenoxy) is 1. The molecule has 0 heterocycles. The second-order valence-corrected chi connectivity index (χ2v) is 7.51. The van der Waals surface area contributed by atoms with Crippen LogP contribution in [0.3, 0.4) is 0 Å². The highest BCUT2D eigenvalue weighted by molar-refractivity contribution is 5.86. The lowest BCUT2D eigenvalue weighted by Crippen LogP contribution is -2.43. The summed E-state index contributed by atoms with van der Waals surface area (Å²) in [6.07, 6.45) is -0.338. The Morgan fingerprint density at radius 3 is 2.19 bits per heavy atom. The number of alkyl halides is 3. The number of hydrogen-bond acceptors (Lipinski definition) is 3. The molecular weight excluding hydrogens is 363 g/mol. The van der Waals surface area contributed by atoms with Gasteiger partial charge in [0.15, 0.2) is 0 Å². The summed E-state index contributed by atoms with van der Waals surface area (Å²) >= 11 is 0. The van der Waals surface area contributed by atoms with Crippen LogP contribution in [0.15, 0.2) is 24.3 Å². The summed E-state index contributed by atoms with van der Waals surface area (Å²) in [7, 11) is 0. The van der Waals surface area contributed by atoms with Crippen molar-refractivity contribution in [2.45, 2.75) is 57.3 Å². The van der Waals surface area contributed by atoms with Gasteiger partial charge in [0.25, 0.3) is 0 Å². The van der Waals surface area contributed by atoms with Crippen molar-refractivity contribution >= 4 is 11.9 Å². The van der Waals surface area contributed by atoms with E-state index in [1.807, 2.05) is 0 Å². The fraction of sp³-hybridized carbons (Fsp3) is 0.579. The van der Waals surface area contributed by atoms with Crippen molar-refractivity contribution in [2.75, 3.05) is 0 Å². The van der Waals surface area contributed by atoms with Crippen LogP contribution in [-0.4, -0.2) is 29.4 Å². The largest absolute Gasteiger partial charge is 0.573 e. The van der Waals surface area contributed by atoms with Crippen LogP contribution in [0.4, 0.5) is 13.2 Å².